The molecule has 1 fully saturated rings. The number of nitrogens with one attached hydrogen (secondary N) is 1. The van der Waals surface area contributed by atoms with Crippen LogP contribution < -0.4 is 10.2 Å². The van der Waals surface area contributed by atoms with E-state index >= 15 is 0 Å². The lowest BCUT2D eigenvalue weighted by Gasteiger charge is -2.47. The zero-order valence-electron chi connectivity index (χ0n) is 13.0. The van der Waals surface area contributed by atoms with E-state index in [1.807, 2.05) is 19.3 Å². The Labute approximate surface area is 126 Å². The van der Waals surface area contributed by atoms with Gasteiger partial charge in [-0.25, -0.2) is 4.98 Å². The van der Waals surface area contributed by atoms with E-state index < -0.39 is 0 Å². The maximum atomic E-state index is 6.41. The van der Waals surface area contributed by atoms with E-state index in [1.54, 1.807) is 0 Å². The molecule has 0 aromatic carbocycles. The smallest absolute Gasteiger partial charge is 0.147 e. The lowest BCUT2D eigenvalue weighted by molar-refractivity contribution is -0.133. The van der Waals surface area contributed by atoms with Gasteiger partial charge in [-0.2, -0.15) is 0 Å². The molecule has 2 heterocycles. The Bertz CT molecular complexity index is 472. The van der Waals surface area contributed by atoms with Crippen LogP contribution in [0.1, 0.15) is 33.3 Å². The van der Waals surface area contributed by atoms with Crippen LogP contribution in [0.2, 0.25) is 5.02 Å². The zero-order chi connectivity index (χ0) is 15.0. The van der Waals surface area contributed by atoms with Crippen LogP contribution in [0.3, 0.4) is 0 Å². The molecule has 0 spiro atoms. The molecule has 2 rings (SSSR count). The van der Waals surface area contributed by atoms with Gasteiger partial charge in [0.1, 0.15) is 5.82 Å². The predicted octanol–water partition coefficient (Wildman–Crippen LogP) is 2.85. The molecule has 0 atom stereocenters. The standard InChI is InChI=1S/C15H24ClN3O/c1-14(2)9-19(10-15(3,4)20-14)13-12(16)6-11(7-17-5)8-18-13/h6,8,17H,7,9-10H2,1-5H3. The van der Waals surface area contributed by atoms with E-state index in [9.17, 15) is 0 Å². The Kier molecular flexibility index (Phi) is 4.28. The van der Waals surface area contributed by atoms with Crippen molar-refractivity contribution in [3.63, 3.8) is 0 Å². The quantitative estimate of drug-likeness (QED) is 0.931. The molecular formula is C15H24ClN3O. The molecule has 1 saturated heterocycles. The number of ether oxygens (including phenoxy) is 1. The molecule has 0 saturated carbocycles. The molecule has 1 aliphatic heterocycles. The van der Waals surface area contributed by atoms with Gasteiger partial charge < -0.3 is 15.0 Å². The van der Waals surface area contributed by atoms with E-state index in [0.29, 0.717) is 5.02 Å². The van der Waals surface area contributed by atoms with Crippen LogP contribution in [0.4, 0.5) is 5.82 Å². The fourth-order valence-corrected chi connectivity index (χ4v) is 3.25. The van der Waals surface area contributed by atoms with Gasteiger partial charge in [-0.05, 0) is 46.4 Å². The average molecular weight is 298 g/mol. The van der Waals surface area contributed by atoms with Crippen molar-refractivity contribution < 1.29 is 4.74 Å². The van der Waals surface area contributed by atoms with Crippen molar-refractivity contribution in [1.29, 1.82) is 0 Å². The minimum absolute atomic E-state index is 0.212. The maximum absolute atomic E-state index is 6.41. The molecule has 4 nitrogen and oxygen atoms in total. The summed E-state index contributed by atoms with van der Waals surface area (Å²) in [5.41, 5.74) is 0.667. The predicted molar refractivity (Wildman–Crippen MR) is 83.5 cm³/mol. The molecule has 0 amide bonds. The number of rotatable bonds is 3. The van der Waals surface area contributed by atoms with Gasteiger partial charge in [0, 0.05) is 25.8 Å². The van der Waals surface area contributed by atoms with Gasteiger partial charge in [0.2, 0.25) is 0 Å². The summed E-state index contributed by atoms with van der Waals surface area (Å²) in [5.74, 6) is 0.843. The molecule has 5 heteroatoms. The molecule has 112 valence electrons. The van der Waals surface area contributed by atoms with E-state index in [2.05, 4.69) is 42.9 Å². The van der Waals surface area contributed by atoms with Crippen LogP contribution in [0, 0.1) is 0 Å². The van der Waals surface area contributed by atoms with Gasteiger partial charge in [-0.15, -0.1) is 0 Å². The average Bonchev–Trinajstić information content (AvgIpc) is 2.25. The van der Waals surface area contributed by atoms with Crippen molar-refractivity contribution in [3.8, 4) is 0 Å². The highest BCUT2D eigenvalue weighted by atomic mass is 35.5. The Morgan fingerprint density at radius 1 is 1.30 bits per heavy atom. The minimum Gasteiger partial charge on any atom is -0.366 e. The number of morpholine rings is 1. The van der Waals surface area contributed by atoms with Gasteiger partial charge in [-0.1, -0.05) is 11.6 Å². The molecule has 1 aromatic heterocycles. The van der Waals surface area contributed by atoms with Gasteiger partial charge in [0.25, 0.3) is 0 Å². The van der Waals surface area contributed by atoms with Gasteiger partial charge in [-0.3, -0.25) is 0 Å². The molecule has 1 aliphatic rings. The van der Waals surface area contributed by atoms with Crippen LogP contribution in [0.5, 0.6) is 0 Å². The number of hydrogen-bond donors (Lipinski definition) is 1. The number of aromatic nitrogens is 1. The summed E-state index contributed by atoms with van der Waals surface area (Å²) in [6.45, 7) is 10.7. The van der Waals surface area contributed by atoms with E-state index in [1.165, 1.54) is 0 Å². The topological polar surface area (TPSA) is 37.4 Å². The van der Waals surface area contributed by atoms with Crippen molar-refractivity contribution >= 4 is 17.4 Å². The first-order valence-electron chi connectivity index (χ1n) is 6.97. The molecule has 20 heavy (non-hydrogen) atoms. The second kappa shape index (κ2) is 5.51. The van der Waals surface area contributed by atoms with Crippen molar-refractivity contribution in [3.05, 3.63) is 22.8 Å². The lowest BCUT2D eigenvalue weighted by atomic mass is 9.99. The lowest BCUT2D eigenvalue weighted by Crippen LogP contribution is -2.57. The number of hydrogen-bond acceptors (Lipinski definition) is 4. The highest BCUT2D eigenvalue weighted by Crippen LogP contribution is 2.33. The molecule has 0 unspecified atom stereocenters. The summed E-state index contributed by atoms with van der Waals surface area (Å²) in [5, 5.41) is 3.80. The molecule has 0 aliphatic carbocycles. The Morgan fingerprint density at radius 3 is 2.40 bits per heavy atom. The first kappa shape index (κ1) is 15.5. The van der Waals surface area contributed by atoms with E-state index in [4.69, 9.17) is 16.3 Å². The van der Waals surface area contributed by atoms with Crippen LogP contribution in [-0.4, -0.2) is 36.3 Å². The van der Waals surface area contributed by atoms with Crippen molar-refractivity contribution in [2.24, 2.45) is 0 Å². The van der Waals surface area contributed by atoms with Crippen LogP contribution in [-0.2, 0) is 11.3 Å². The Balaban J connectivity index is 2.26. The summed E-state index contributed by atoms with van der Waals surface area (Å²) in [6.07, 6.45) is 1.88. The first-order valence-corrected chi connectivity index (χ1v) is 7.34. The normalized spacial score (nSPS) is 21.0. The first-order chi connectivity index (χ1) is 9.22. The largest absolute Gasteiger partial charge is 0.366 e. The van der Waals surface area contributed by atoms with Gasteiger partial charge in [0.05, 0.1) is 16.2 Å². The van der Waals surface area contributed by atoms with Gasteiger partial charge >= 0.3 is 0 Å². The summed E-state index contributed by atoms with van der Waals surface area (Å²) < 4.78 is 6.09. The number of nitrogens with zero attached hydrogens (tertiary/aromatic N) is 2. The summed E-state index contributed by atoms with van der Waals surface area (Å²) in [6, 6.07) is 1.98. The molecular weight excluding hydrogens is 274 g/mol. The molecule has 0 bridgehead atoms. The third-order valence-electron chi connectivity index (χ3n) is 3.25. The van der Waals surface area contributed by atoms with E-state index in [0.717, 1.165) is 31.0 Å². The van der Waals surface area contributed by atoms with E-state index in [-0.39, 0.29) is 11.2 Å². The van der Waals surface area contributed by atoms with Crippen molar-refractivity contribution in [1.82, 2.24) is 10.3 Å². The number of anilines is 1. The Morgan fingerprint density at radius 2 is 1.90 bits per heavy atom. The SMILES string of the molecule is CNCc1cnc(N2CC(C)(C)OC(C)(C)C2)c(Cl)c1. The third kappa shape index (κ3) is 3.62. The van der Waals surface area contributed by atoms with Crippen LogP contribution in [0.15, 0.2) is 12.3 Å². The summed E-state index contributed by atoms with van der Waals surface area (Å²) >= 11 is 6.41. The summed E-state index contributed by atoms with van der Waals surface area (Å²) in [7, 11) is 1.91. The van der Waals surface area contributed by atoms with Crippen LogP contribution >= 0.6 is 11.6 Å². The van der Waals surface area contributed by atoms with Crippen LogP contribution in [0.25, 0.3) is 0 Å². The molecule has 1 N–H and O–H groups in total. The van der Waals surface area contributed by atoms with Crippen molar-refractivity contribution in [2.75, 3.05) is 25.0 Å². The third-order valence-corrected chi connectivity index (χ3v) is 3.53. The number of halogens is 1. The second-order valence-corrected chi connectivity index (χ2v) is 7.06. The molecule has 1 aromatic rings. The Hall–Kier alpha value is -0.840. The fourth-order valence-electron chi connectivity index (χ4n) is 2.94. The highest BCUT2D eigenvalue weighted by molar-refractivity contribution is 6.33. The fraction of sp³-hybridized carbons (Fsp3) is 0.667. The van der Waals surface area contributed by atoms with Gasteiger partial charge in [0.15, 0.2) is 0 Å². The summed E-state index contributed by atoms with van der Waals surface area (Å²) in [4.78, 5) is 6.77. The monoisotopic (exact) mass is 297 g/mol. The maximum Gasteiger partial charge on any atom is 0.147 e. The second-order valence-electron chi connectivity index (χ2n) is 6.66. The minimum atomic E-state index is -0.212. The number of pyridine rings is 1. The van der Waals surface area contributed by atoms with Crippen molar-refractivity contribution in [2.45, 2.75) is 45.4 Å². The zero-order valence-corrected chi connectivity index (χ0v) is 13.7. The molecule has 0 radical (unpaired) electrons. The highest BCUT2D eigenvalue weighted by Gasteiger charge is 2.39.